The summed E-state index contributed by atoms with van der Waals surface area (Å²) in [7, 11) is 0. The smallest absolute Gasteiger partial charge is 0.0868 e. The average molecular weight is 227 g/mol. The Bertz CT molecular complexity index is 337. The van der Waals surface area contributed by atoms with E-state index < -0.39 is 0 Å². The highest BCUT2D eigenvalue weighted by molar-refractivity contribution is 6.31. The molecule has 2 rings (SSSR count). The van der Waals surface area contributed by atoms with Crippen LogP contribution in [0.4, 0.5) is 0 Å². The third-order valence-corrected chi connectivity index (χ3v) is 3.06. The molecule has 0 bridgehead atoms. The van der Waals surface area contributed by atoms with Gasteiger partial charge in [0.2, 0.25) is 0 Å². The van der Waals surface area contributed by atoms with E-state index in [1.54, 1.807) is 6.20 Å². The van der Waals surface area contributed by atoms with Crippen molar-refractivity contribution in [3.63, 3.8) is 0 Å². The van der Waals surface area contributed by atoms with E-state index in [4.69, 9.17) is 16.7 Å². The zero-order chi connectivity index (χ0) is 10.7. The van der Waals surface area contributed by atoms with Crippen LogP contribution in [0.15, 0.2) is 12.3 Å². The molecule has 1 aromatic rings. The molecule has 0 aromatic carbocycles. The maximum Gasteiger partial charge on any atom is 0.0868 e. The molecule has 0 saturated carbocycles. The van der Waals surface area contributed by atoms with Crippen molar-refractivity contribution < 1.29 is 5.11 Å². The molecule has 1 aliphatic rings. The molecule has 1 N–H and O–H groups in total. The number of nitrogens with zero attached hydrogens (tertiary/aromatic N) is 2. The van der Waals surface area contributed by atoms with Crippen LogP contribution in [0.25, 0.3) is 0 Å². The maximum atomic E-state index is 8.94. The van der Waals surface area contributed by atoms with Gasteiger partial charge in [-0.1, -0.05) is 11.6 Å². The zero-order valence-corrected chi connectivity index (χ0v) is 9.37. The Morgan fingerprint density at radius 2 is 2.13 bits per heavy atom. The second kappa shape index (κ2) is 4.92. The summed E-state index contributed by atoms with van der Waals surface area (Å²) in [6.07, 6.45) is 4.38. The number of halogens is 1. The molecule has 0 unspecified atom stereocenters. The van der Waals surface area contributed by atoms with Gasteiger partial charge in [0, 0.05) is 12.7 Å². The van der Waals surface area contributed by atoms with Gasteiger partial charge in [0.05, 0.1) is 17.3 Å². The van der Waals surface area contributed by atoms with Crippen LogP contribution in [-0.4, -0.2) is 28.1 Å². The molecule has 0 aliphatic carbocycles. The molecule has 1 aliphatic heterocycles. The first-order valence-corrected chi connectivity index (χ1v) is 5.64. The lowest BCUT2D eigenvalue weighted by Gasteiger charge is -2.14. The topological polar surface area (TPSA) is 36.4 Å². The predicted octanol–water partition coefficient (Wildman–Crippen LogP) is 1.82. The van der Waals surface area contributed by atoms with Gasteiger partial charge in [-0.25, -0.2) is 0 Å². The summed E-state index contributed by atoms with van der Waals surface area (Å²) in [5.41, 5.74) is 1.68. The van der Waals surface area contributed by atoms with E-state index in [1.807, 2.05) is 6.07 Å². The molecular formula is C11H15ClN2O. The minimum atomic E-state index is -0.0944. The lowest BCUT2D eigenvalue weighted by Crippen LogP contribution is -2.18. The Kier molecular flexibility index (Phi) is 3.57. The van der Waals surface area contributed by atoms with E-state index >= 15 is 0 Å². The van der Waals surface area contributed by atoms with Crippen LogP contribution < -0.4 is 0 Å². The number of likely N-dealkylation sites (tertiary alicyclic amines) is 1. The highest BCUT2D eigenvalue weighted by atomic mass is 35.5. The number of hydrogen-bond donors (Lipinski definition) is 1. The normalized spacial score (nSPS) is 17.2. The molecule has 0 amide bonds. The van der Waals surface area contributed by atoms with Gasteiger partial charge in [0.25, 0.3) is 0 Å². The van der Waals surface area contributed by atoms with Crippen molar-refractivity contribution in [1.29, 1.82) is 0 Å². The molecule has 0 atom stereocenters. The van der Waals surface area contributed by atoms with E-state index in [1.165, 1.54) is 25.9 Å². The average Bonchev–Trinajstić information content (AvgIpc) is 2.71. The predicted molar refractivity (Wildman–Crippen MR) is 59.7 cm³/mol. The zero-order valence-electron chi connectivity index (χ0n) is 8.62. The van der Waals surface area contributed by atoms with Gasteiger partial charge in [-0.2, -0.15) is 0 Å². The van der Waals surface area contributed by atoms with Gasteiger partial charge in [-0.15, -0.1) is 0 Å². The Morgan fingerprint density at radius 1 is 1.40 bits per heavy atom. The van der Waals surface area contributed by atoms with E-state index in [2.05, 4.69) is 9.88 Å². The fraction of sp³-hybridized carbons (Fsp3) is 0.545. The summed E-state index contributed by atoms with van der Waals surface area (Å²) in [6.45, 7) is 3.15. The van der Waals surface area contributed by atoms with Gasteiger partial charge in [0.1, 0.15) is 0 Å². The second-order valence-corrected chi connectivity index (χ2v) is 4.32. The summed E-state index contributed by atoms with van der Waals surface area (Å²) in [5, 5.41) is 9.50. The molecule has 1 fully saturated rings. The minimum Gasteiger partial charge on any atom is -0.390 e. The summed E-state index contributed by atoms with van der Waals surface area (Å²) >= 11 is 5.97. The fourth-order valence-electron chi connectivity index (χ4n) is 1.91. The number of pyridine rings is 1. The lowest BCUT2D eigenvalue weighted by molar-refractivity contribution is 0.276. The number of hydrogen-bond acceptors (Lipinski definition) is 3. The first-order valence-electron chi connectivity index (χ1n) is 5.26. The SMILES string of the molecule is OCc1ncc(CN2CCCC2)cc1Cl. The van der Waals surface area contributed by atoms with Crippen LogP contribution in [0.2, 0.25) is 5.02 Å². The van der Waals surface area contributed by atoms with Gasteiger partial charge in [-0.3, -0.25) is 9.88 Å². The first kappa shape index (κ1) is 10.9. The van der Waals surface area contributed by atoms with Crippen LogP contribution in [0.5, 0.6) is 0 Å². The fourth-order valence-corrected chi connectivity index (χ4v) is 2.16. The first-order chi connectivity index (χ1) is 7.29. The monoisotopic (exact) mass is 226 g/mol. The van der Waals surface area contributed by atoms with Crippen LogP contribution in [0.1, 0.15) is 24.1 Å². The molecule has 0 spiro atoms. The molecule has 4 heteroatoms. The number of aromatic nitrogens is 1. The van der Waals surface area contributed by atoms with Crippen LogP contribution >= 0.6 is 11.6 Å². The Balaban J connectivity index is 2.05. The van der Waals surface area contributed by atoms with Gasteiger partial charge < -0.3 is 5.11 Å². The van der Waals surface area contributed by atoms with Gasteiger partial charge in [-0.05, 0) is 37.6 Å². The van der Waals surface area contributed by atoms with E-state index in [-0.39, 0.29) is 6.61 Å². The highest BCUT2D eigenvalue weighted by Crippen LogP contribution is 2.18. The summed E-state index contributed by atoms with van der Waals surface area (Å²) in [5.74, 6) is 0. The molecule has 2 heterocycles. The standard InChI is InChI=1S/C11H15ClN2O/c12-10-5-9(6-13-11(10)8-15)7-14-3-1-2-4-14/h5-6,15H,1-4,7-8H2. The van der Waals surface area contributed by atoms with E-state index in [0.717, 1.165) is 12.1 Å². The van der Waals surface area contributed by atoms with Crippen molar-refractivity contribution in [2.45, 2.75) is 26.0 Å². The lowest BCUT2D eigenvalue weighted by atomic mass is 10.2. The van der Waals surface area contributed by atoms with Crippen LogP contribution in [0.3, 0.4) is 0 Å². The Labute approximate surface area is 94.7 Å². The van der Waals surface area contributed by atoms with Gasteiger partial charge >= 0.3 is 0 Å². The van der Waals surface area contributed by atoms with Crippen LogP contribution in [-0.2, 0) is 13.2 Å². The van der Waals surface area contributed by atoms with Crippen molar-refractivity contribution in [3.05, 3.63) is 28.5 Å². The summed E-state index contributed by atoms with van der Waals surface area (Å²) < 4.78 is 0. The van der Waals surface area contributed by atoms with Crippen molar-refractivity contribution in [2.75, 3.05) is 13.1 Å². The summed E-state index contributed by atoms with van der Waals surface area (Å²) in [6, 6.07) is 1.90. The molecule has 0 radical (unpaired) electrons. The molecule has 15 heavy (non-hydrogen) atoms. The Morgan fingerprint density at radius 3 is 2.73 bits per heavy atom. The molecule has 1 aromatic heterocycles. The number of rotatable bonds is 3. The molecule has 82 valence electrons. The third-order valence-electron chi connectivity index (χ3n) is 2.73. The molecule has 1 saturated heterocycles. The molecule has 3 nitrogen and oxygen atoms in total. The quantitative estimate of drug-likeness (QED) is 0.854. The number of aliphatic hydroxyl groups is 1. The molecular weight excluding hydrogens is 212 g/mol. The summed E-state index contributed by atoms with van der Waals surface area (Å²) in [4.78, 5) is 6.52. The highest BCUT2D eigenvalue weighted by Gasteiger charge is 2.12. The Hall–Kier alpha value is -0.640. The van der Waals surface area contributed by atoms with Crippen molar-refractivity contribution in [3.8, 4) is 0 Å². The van der Waals surface area contributed by atoms with E-state index in [9.17, 15) is 0 Å². The maximum absolute atomic E-state index is 8.94. The van der Waals surface area contributed by atoms with Crippen LogP contribution in [0, 0.1) is 0 Å². The van der Waals surface area contributed by atoms with Crippen molar-refractivity contribution in [2.24, 2.45) is 0 Å². The van der Waals surface area contributed by atoms with E-state index in [0.29, 0.717) is 10.7 Å². The minimum absolute atomic E-state index is 0.0944. The largest absolute Gasteiger partial charge is 0.390 e. The second-order valence-electron chi connectivity index (χ2n) is 3.91. The van der Waals surface area contributed by atoms with Gasteiger partial charge in [0.15, 0.2) is 0 Å². The van der Waals surface area contributed by atoms with Crippen molar-refractivity contribution in [1.82, 2.24) is 9.88 Å². The third kappa shape index (κ3) is 2.68. The number of aliphatic hydroxyl groups excluding tert-OH is 1. The van der Waals surface area contributed by atoms with Crippen molar-refractivity contribution >= 4 is 11.6 Å².